The van der Waals surface area contributed by atoms with Crippen molar-refractivity contribution in [2.45, 2.75) is 31.8 Å². The molecular formula is C19H21ClN2O4S. The predicted molar refractivity (Wildman–Crippen MR) is 105 cm³/mol. The van der Waals surface area contributed by atoms with E-state index in [0.29, 0.717) is 28.9 Å². The zero-order valence-electron chi connectivity index (χ0n) is 14.9. The van der Waals surface area contributed by atoms with Crippen LogP contribution in [-0.2, 0) is 14.3 Å². The van der Waals surface area contributed by atoms with Crippen LogP contribution in [0.15, 0.2) is 29.6 Å². The highest BCUT2D eigenvalue weighted by atomic mass is 35.5. The summed E-state index contributed by atoms with van der Waals surface area (Å²) in [6, 6.07) is 7.37. The maximum atomic E-state index is 12.9. The summed E-state index contributed by atoms with van der Waals surface area (Å²) in [5.41, 5.74) is 1.48. The molecule has 3 rings (SSSR count). The van der Waals surface area contributed by atoms with Gasteiger partial charge in [0.1, 0.15) is 0 Å². The van der Waals surface area contributed by atoms with Crippen molar-refractivity contribution < 1.29 is 19.4 Å². The number of nitrogens with zero attached hydrogens (tertiary/aromatic N) is 2. The maximum Gasteiger partial charge on any atom is 0.304 e. The lowest BCUT2D eigenvalue weighted by Crippen LogP contribution is -2.35. The molecule has 1 aliphatic rings. The molecule has 6 nitrogen and oxygen atoms in total. The highest BCUT2D eigenvalue weighted by Crippen LogP contribution is 2.32. The summed E-state index contributed by atoms with van der Waals surface area (Å²) in [6.45, 7) is 0.669. The lowest BCUT2D eigenvalue weighted by molar-refractivity contribution is -0.141. The molecule has 1 N–H and O–H groups in total. The Morgan fingerprint density at radius 3 is 2.89 bits per heavy atom. The minimum absolute atomic E-state index is 0.0540. The molecule has 1 aromatic carbocycles. The van der Waals surface area contributed by atoms with Crippen LogP contribution in [0.2, 0.25) is 5.02 Å². The number of carboxylic acid groups (broad SMARTS) is 1. The Morgan fingerprint density at radius 1 is 1.44 bits per heavy atom. The van der Waals surface area contributed by atoms with Crippen LogP contribution in [0.3, 0.4) is 0 Å². The molecule has 1 aliphatic heterocycles. The standard InChI is InChI=1S/C19H21ClN2O4S/c1-22(18(25)12(10-17(23)24)9-13-5-4-8-26-13)19-21-16(11-27-19)14-6-2-3-7-15(14)20/h2-3,6-7,11-13H,4-5,8-10H2,1H3,(H,23,24)/t12-,13?/m1/s1. The predicted octanol–water partition coefficient (Wildman–Crippen LogP) is 4.09. The van der Waals surface area contributed by atoms with Crippen LogP contribution in [-0.4, -0.2) is 41.7 Å². The van der Waals surface area contributed by atoms with Gasteiger partial charge in [0.15, 0.2) is 5.13 Å². The van der Waals surface area contributed by atoms with Gasteiger partial charge in [-0.05, 0) is 25.3 Å². The van der Waals surface area contributed by atoms with Crippen LogP contribution in [0, 0.1) is 5.92 Å². The van der Waals surface area contributed by atoms with E-state index >= 15 is 0 Å². The van der Waals surface area contributed by atoms with Crippen molar-refractivity contribution in [3.05, 3.63) is 34.7 Å². The van der Waals surface area contributed by atoms with Gasteiger partial charge in [-0.3, -0.25) is 14.5 Å². The van der Waals surface area contributed by atoms with Crippen LogP contribution >= 0.6 is 22.9 Å². The molecule has 0 saturated carbocycles. The first-order valence-electron chi connectivity index (χ1n) is 8.77. The fourth-order valence-corrected chi connectivity index (χ4v) is 4.24. The highest BCUT2D eigenvalue weighted by molar-refractivity contribution is 7.14. The number of aromatic nitrogens is 1. The first-order valence-corrected chi connectivity index (χ1v) is 10.0. The molecule has 2 aromatic rings. The summed E-state index contributed by atoms with van der Waals surface area (Å²) in [6.07, 6.45) is 1.95. The van der Waals surface area contributed by atoms with Crippen LogP contribution in [0.5, 0.6) is 0 Å². The molecule has 0 aliphatic carbocycles. The summed E-state index contributed by atoms with van der Waals surface area (Å²) < 4.78 is 5.58. The number of anilines is 1. The third-order valence-electron chi connectivity index (χ3n) is 4.60. The Labute approximate surface area is 166 Å². The van der Waals surface area contributed by atoms with Crippen LogP contribution in [0.1, 0.15) is 25.7 Å². The van der Waals surface area contributed by atoms with E-state index in [0.717, 1.165) is 18.4 Å². The quantitative estimate of drug-likeness (QED) is 0.746. The molecule has 0 spiro atoms. The second kappa shape index (κ2) is 8.82. The van der Waals surface area contributed by atoms with Gasteiger partial charge in [-0.2, -0.15) is 0 Å². The number of amides is 1. The largest absolute Gasteiger partial charge is 0.481 e. The highest BCUT2D eigenvalue weighted by Gasteiger charge is 2.31. The number of carbonyl (C=O) groups is 2. The summed E-state index contributed by atoms with van der Waals surface area (Å²) in [5.74, 6) is -1.88. The van der Waals surface area contributed by atoms with Gasteiger partial charge in [-0.25, -0.2) is 4.98 Å². The van der Waals surface area contributed by atoms with Crippen LogP contribution < -0.4 is 4.90 Å². The lowest BCUT2D eigenvalue weighted by Gasteiger charge is -2.23. The van der Waals surface area contributed by atoms with Crippen molar-refractivity contribution in [2.75, 3.05) is 18.6 Å². The number of hydrogen-bond donors (Lipinski definition) is 1. The van der Waals surface area contributed by atoms with Crippen LogP contribution in [0.25, 0.3) is 11.3 Å². The second-order valence-corrected chi connectivity index (χ2v) is 7.80. The van der Waals surface area contributed by atoms with Gasteiger partial charge in [0.2, 0.25) is 5.91 Å². The number of hydrogen-bond acceptors (Lipinski definition) is 5. The van der Waals surface area contributed by atoms with Gasteiger partial charge in [0, 0.05) is 29.6 Å². The van der Waals surface area contributed by atoms with Crippen molar-refractivity contribution in [2.24, 2.45) is 5.92 Å². The molecular weight excluding hydrogens is 388 g/mol. The number of carboxylic acids is 1. The normalized spacial score (nSPS) is 17.6. The van der Waals surface area contributed by atoms with Gasteiger partial charge >= 0.3 is 5.97 Å². The Bertz CT molecular complexity index is 820. The van der Waals surface area contributed by atoms with E-state index in [9.17, 15) is 14.7 Å². The fraction of sp³-hybridized carbons (Fsp3) is 0.421. The number of rotatable bonds is 7. The number of halogens is 1. The molecule has 27 heavy (non-hydrogen) atoms. The second-order valence-electron chi connectivity index (χ2n) is 6.56. The fourth-order valence-electron chi connectivity index (χ4n) is 3.21. The zero-order valence-corrected chi connectivity index (χ0v) is 16.5. The molecule has 1 amide bonds. The van der Waals surface area contributed by atoms with Crippen molar-refractivity contribution in [1.29, 1.82) is 0 Å². The molecule has 144 valence electrons. The third-order valence-corrected chi connectivity index (χ3v) is 5.85. The Hall–Kier alpha value is -1.96. The Morgan fingerprint density at radius 2 is 2.22 bits per heavy atom. The molecule has 1 saturated heterocycles. The first-order chi connectivity index (χ1) is 13.0. The summed E-state index contributed by atoms with van der Waals surface area (Å²) in [4.78, 5) is 30.1. The third kappa shape index (κ3) is 4.86. The molecule has 1 unspecified atom stereocenters. The van der Waals surface area contributed by atoms with E-state index in [1.165, 1.54) is 16.2 Å². The minimum atomic E-state index is -0.990. The minimum Gasteiger partial charge on any atom is -0.481 e. The monoisotopic (exact) mass is 408 g/mol. The van der Waals surface area contributed by atoms with Crippen LogP contribution in [0.4, 0.5) is 5.13 Å². The average molecular weight is 409 g/mol. The van der Waals surface area contributed by atoms with E-state index in [1.54, 1.807) is 13.1 Å². The van der Waals surface area contributed by atoms with E-state index in [1.807, 2.05) is 23.6 Å². The molecule has 0 radical (unpaired) electrons. The van der Waals surface area contributed by atoms with Crippen molar-refractivity contribution >= 4 is 39.9 Å². The first kappa shape index (κ1) is 19.8. The number of aliphatic carboxylic acids is 1. The average Bonchev–Trinajstić information content (AvgIpc) is 3.32. The van der Waals surface area contributed by atoms with E-state index in [2.05, 4.69) is 4.98 Å². The SMILES string of the molecule is CN(C(=O)[C@@H](CC(=O)O)CC1CCCO1)c1nc(-c2ccccc2Cl)cs1. The Balaban J connectivity index is 1.76. The molecule has 0 bridgehead atoms. The van der Waals surface area contributed by atoms with Gasteiger partial charge in [0.25, 0.3) is 0 Å². The van der Waals surface area contributed by atoms with Crippen molar-refractivity contribution in [3.63, 3.8) is 0 Å². The number of ether oxygens (including phenoxy) is 1. The number of thiazole rings is 1. The lowest BCUT2D eigenvalue weighted by atomic mass is 9.95. The smallest absolute Gasteiger partial charge is 0.304 e. The van der Waals surface area contributed by atoms with E-state index in [4.69, 9.17) is 16.3 Å². The van der Waals surface area contributed by atoms with Crippen molar-refractivity contribution in [3.8, 4) is 11.3 Å². The van der Waals surface area contributed by atoms with Gasteiger partial charge in [-0.1, -0.05) is 29.8 Å². The molecule has 8 heteroatoms. The summed E-state index contributed by atoms with van der Waals surface area (Å²) in [7, 11) is 1.63. The summed E-state index contributed by atoms with van der Waals surface area (Å²) in [5, 5.41) is 12.1. The van der Waals surface area contributed by atoms with E-state index in [-0.39, 0.29) is 18.4 Å². The zero-order chi connectivity index (χ0) is 19.4. The van der Waals surface area contributed by atoms with Crippen molar-refractivity contribution in [1.82, 2.24) is 4.98 Å². The molecule has 2 atom stereocenters. The summed E-state index contributed by atoms with van der Waals surface area (Å²) >= 11 is 7.54. The Kier molecular flexibility index (Phi) is 6.46. The van der Waals surface area contributed by atoms with Gasteiger partial charge < -0.3 is 9.84 Å². The van der Waals surface area contributed by atoms with E-state index < -0.39 is 11.9 Å². The number of benzene rings is 1. The molecule has 1 fully saturated rings. The van der Waals surface area contributed by atoms with Gasteiger partial charge in [-0.15, -0.1) is 11.3 Å². The van der Waals surface area contributed by atoms with Gasteiger partial charge in [0.05, 0.1) is 24.1 Å². The topological polar surface area (TPSA) is 79.7 Å². The number of carbonyl (C=O) groups excluding carboxylic acids is 1. The molecule has 2 heterocycles. The maximum absolute atomic E-state index is 12.9. The molecule has 1 aromatic heterocycles.